The number of anilines is 1. The summed E-state index contributed by atoms with van der Waals surface area (Å²) in [5.41, 5.74) is 2.12. The average Bonchev–Trinajstić information content (AvgIpc) is 3.66. The van der Waals surface area contributed by atoms with Crippen molar-refractivity contribution in [3.05, 3.63) is 54.1 Å². The molecule has 63 heavy (non-hydrogen) atoms. The summed E-state index contributed by atoms with van der Waals surface area (Å²) in [5, 5.41) is 18.2. The number of unbranched alkanes of at least 4 members (excludes halogenated alkanes) is 1. The second kappa shape index (κ2) is 22.7. The lowest BCUT2D eigenvalue weighted by atomic mass is 9.71. The van der Waals surface area contributed by atoms with Gasteiger partial charge in [0.05, 0.1) is 49.4 Å². The molecule has 3 aromatic rings. The predicted octanol–water partition coefficient (Wildman–Crippen LogP) is 7.46. The van der Waals surface area contributed by atoms with Crippen molar-refractivity contribution in [3.63, 3.8) is 0 Å². The Kier molecular flexibility index (Phi) is 18.3. The van der Waals surface area contributed by atoms with Gasteiger partial charge in [-0.3, -0.25) is 14.4 Å². The first-order valence-electron chi connectivity index (χ1n) is 22.4. The van der Waals surface area contributed by atoms with Gasteiger partial charge in [-0.05, 0) is 90.8 Å². The largest absolute Gasteiger partial charge is 0.468 e. The molecule has 1 aliphatic rings. The van der Waals surface area contributed by atoms with Gasteiger partial charge in [-0.15, -0.1) is 5.10 Å². The highest BCUT2D eigenvalue weighted by molar-refractivity contribution is 6.03. The minimum Gasteiger partial charge on any atom is -0.468 e. The molecule has 0 spiro atoms. The molecular weight excluding hydrogens is 803 g/mol. The minimum absolute atomic E-state index is 0.0536. The normalized spacial score (nSPS) is 14.2. The maximum Gasteiger partial charge on any atom is 0.407 e. The van der Waals surface area contributed by atoms with Crippen LogP contribution in [0.15, 0.2) is 48.5 Å². The van der Waals surface area contributed by atoms with Crippen LogP contribution < -0.4 is 20.9 Å². The Morgan fingerprint density at radius 1 is 0.825 bits per heavy atom. The van der Waals surface area contributed by atoms with E-state index in [9.17, 15) is 14.4 Å². The standard InChI is InChI=1S/C48H73N7O8/c1-12-48(9,33-45(3,4)42(57)50-28-25-47(7,8)63-30-26-46(5,6)61-11)43(58)54-32-34-20-14-15-21-35(34)40-39(36-22-16-17-24-38(36)54)52-53-55(40)29-31-62-44(59)51-27-19-18-23-37(49-13-2)41(56)60-10/h14-17,20-22,24,37,49H,12-13,18-19,23,25-33H2,1-11H3,(H,50,57)(H,51,59). The van der Waals surface area contributed by atoms with E-state index >= 15 is 4.79 Å². The van der Waals surface area contributed by atoms with Gasteiger partial charge in [0.15, 0.2) is 0 Å². The maximum atomic E-state index is 15.1. The van der Waals surface area contributed by atoms with Gasteiger partial charge in [0.2, 0.25) is 11.8 Å². The second-order valence-corrected chi connectivity index (χ2v) is 18.6. The molecule has 348 valence electrons. The Labute approximate surface area is 374 Å². The number of benzene rings is 2. The average molecular weight is 876 g/mol. The van der Waals surface area contributed by atoms with E-state index in [0.29, 0.717) is 69.7 Å². The van der Waals surface area contributed by atoms with Crippen molar-refractivity contribution in [2.45, 2.75) is 138 Å². The number of alkyl carbamates (subject to hydrolysis) is 1. The first kappa shape index (κ1) is 50.8. The van der Waals surface area contributed by atoms with E-state index in [1.54, 1.807) is 11.8 Å². The van der Waals surface area contributed by atoms with Gasteiger partial charge in [0, 0.05) is 42.2 Å². The number of carbonyl (C=O) groups excluding carboxylic acids is 4. The van der Waals surface area contributed by atoms with Crippen LogP contribution >= 0.6 is 0 Å². The fraction of sp³-hybridized carbons (Fsp3) is 0.625. The predicted molar refractivity (Wildman–Crippen MR) is 245 cm³/mol. The summed E-state index contributed by atoms with van der Waals surface area (Å²) in [6.45, 7) is 20.5. The molecule has 0 fully saturated rings. The highest BCUT2D eigenvalue weighted by atomic mass is 16.5. The number of hydrogen-bond acceptors (Lipinski definition) is 11. The van der Waals surface area contributed by atoms with Crippen molar-refractivity contribution in [2.24, 2.45) is 10.8 Å². The van der Waals surface area contributed by atoms with E-state index in [1.807, 2.05) is 116 Å². The number of carbonyl (C=O) groups is 4. The van der Waals surface area contributed by atoms with Gasteiger partial charge in [-0.1, -0.05) is 82.3 Å². The molecule has 2 unspecified atom stereocenters. The summed E-state index contributed by atoms with van der Waals surface area (Å²) in [6, 6.07) is 15.2. The van der Waals surface area contributed by atoms with Crippen LogP contribution in [0.4, 0.5) is 10.5 Å². The van der Waals surface area contributed by atoms with Gasteiger partial charge in [-0.2, -0.15) is 0 Å². The Hall–Kier alpha value is -4.86. The van der Waals surface area contributed by atoms with Gasteiger partial charge in [0.1, 0.15) is 18.3 Å². The van der Waals surface area contributed by atoms with Crippen molar-refractivity contribution in [1.29, 1.82) is 0 Å². The van der Waals surface area contributed by atoms with E-state index in [4.69, 9.17) is 18.9 Å². The molecule has 0 saturated carbocycles. The SMILES string of the molecule is CCNC(CCCCNC(=O)OCCn1nnc2c1-c1ccccc1CN(C(=O)C(C)(CC)CC(C)(C)C(=O)NCCC(C)(C)OCCC(C)(C)OC)c1ccccc1-2)C(=O)OC. The number of hydrogen-bond donors (Lipinski definition) is 3. The highest BCUT2D eigenvalue weighted by Gasteiger charge is 2.44. The maximum absolute atomic E-state index is 15.1. The number of methoxy groups -OCH3 is 2. The van der Waals surface area contributed by atoms with E-state index in [1.165, 1.54) is 7.11 Å². The zero-order chi connectivity index (χ0) is 46.4. The number of ether oxygens (including phenoxy) is 4. The third kappa shape index (κ3) is 13.8. The molecule has 3 N–H and O–H groups in total. The van der Waals surface area contributed by atoms with Gasteiger partial charge < -0.3 is 39.8 Å². The molecule has 0 aliphatic carbocycles. The first-order chi connectivity index (χ1) is 29.8. The minimum atomic E-state index is -0.894. The number of para-hydroxylation sites is 1. The van der Waals surface area contributed by atoms with Crippen LogP contribution in [0.5, 0.6) is 0 Å². The Morgan fingerprint density at radius 3 is 2.21 bits per heavy atom. The smallest absolute Gasteiger partial charge is 0.407 e. The van der Waals surface area contributed by atoms with Gasteiger partial charge in [-0.25, -0.2) is 9.48 Å². The zero-order valence-corrected chi connectivity index (χ0v) is 39.7. The molecule has 3 amide bonds. The number of aromatic nitrogens is 3. The van der Waals surface area contributed by atoms with Crippen LogP contribution in [0, 0.1) is 10.8 Å². The van der Waals surface area contributed by atoms with Gasteiger partial charge >= 0.3 is 12.1 Å². The number of likely N-dealkylation sites (N-methyl/N-ethyl adjacent to an activating group) is 1. The summed E-state index contributed by atoms with van der Waals surface area (Å²) < 4.78 is 23.8. The lowest BCUT2D eigenvalue weighted by Gasteiger charge is -2.40. The van der Waals surface area contributed by atoms with Crippen molar-refractivity contribution >= 4 is 29.6 Å². The molecule has 15 heteroatoms. The second-order valence-electron chi connectivity index (χ2n) is 18.6. The zero-order valence-electron chi connectivity index (χ0n) is 39.7. The lowest BCUT2D eigenvalue weighted by molar-refractivity contribution is -0.143. The highest BCUT2D eigenvalue weighted by Crippen LogP contribution is 2.45. The van der Waals surface area contributed by atoms with Crippen LogP contribution in [0.3, 0.4) is 0 Å². The molecule has 0 radical (unpaired) electrons. The van der Waals surface area contributed by atoms with E-state index in [-0.39, 0.29) is 49.1 Å². The molecule has 2 aromatic carbocycles. The summed E-state index contributed by atoms with van der Waals surface area (Å²) in [4.78, 5) is 55.3. The van der Waals surface area contributed by atoms with Crippen LogP contribution in [-0.4, -0.2) is 103 Å². The number of nitrogens with one attached hydrogen (secondary N) is 3. The monoisotopic (exact) mass is 876 g/mol. The first-order valence-corrected chi connectivity index (χ1v) is 22.4. The van der Waals surface area contributed by atoms with E-state index in [2.05, 4.69) is 26.3 Å². The fourth-order valence-electron chi connectivity index (χ4n) is 7.98. The molecule has 0 saturated heterocycles. The van der Waals surface area contributed by atoms with Crippen LogP contribution in [0.1, 0.15) is 113 Å². The Bertz CT molecular complexity index is 2000. The fourth-order valence-corrected chi connectivity index (χ4v) is 7.98. The molecule has 0 bridgehead atoms. The molecule has 2 heterocycles. The van der Waals surface area contributed by atoms with E-state index < -0.39 is 22.5 Å². The molecular formula is C48H73N7O8. The van der Waals surface area contributed by atoms with Crippen molar-refractivity contribution in [2.75, 3.05) is 52.0 Å². The van der Waals surface area contributed by atoms with Crippen molar-refractivity contribution in [3.8, 4) is 22.5 Å². The summed E-state index contributed by atoms with van der Waals surface area (Å²) in [6.07, 6.45) is 3.69. The molecule has 4 rings (SSSR count). The molecule has 2 atom stereocenters. The molecule has 1 aromatic heterocycles. The third-order valence-electron chi connectivity index (χ3n) is 12.2. The van der Waals surface area contributed by atoms with E-state index in [0.717, 1.165) is 35.2 Å². The summed E-state index contributed by atoms with van der Waals surface area (Å²) in [5.74, 6) is -0.493. The number of fused-ring (bicyclic) bond motifs is 5. The summed E-state index contributed by atoms with van der Waals surface area (Å²) >= 11 is 0. The van der Waals surface area contributed by atoms with Crippen LogP contribution in [-0.2, 0) is 46.4 Å². The van der Waals surface area contributed by atoms with Crippen molar-refractivity contribution < 1.29 is 38.1 Å². The quantitative estimate of drug-likeness (QED) is 0.0602. The topological polar surface area (TPSA) is 175 Å². The number of nitrogens with zero attached hydrogens (tertiary/aromatic N) is 4. The third-order valence-corrected chi connectivity index (χ3v) is 12.2. The number of amides is 3. The molecule has 1 aliphatic heterocycles. The number of esters is 1. The van der Waals surface area contributed by atoms with Gasteiger partial charge in [0.25, 0.3) is 0 Å². The Morgan fingerprint density at radius 2 is 1.52 bits per heavy atom. The lowest BCUT2D eigenvalue weighted by Crippen LogP contribution is -2.48. The van der Waals surface area contributed by atoms with Crippen molar-refractivity contribution in [1.82, 2.24) is 30.9 Å². The van der Waals surface area contributed by atoms with Crippen LogP contribution in [0.2, 0.25) is 0 Å². The number of rotatable bonds is 24. The Balaban J connectivity index is 1.46. The molecule has 15 nitrogen and oxygen atoms in total. The summed E-state index contributed by atoms with van der Waals surface area (Å²) in [7, 11) is 3.07. The van der Waals surface area contributed by atoms with Crippen LogP contribution in [0.25, 0.3) is 22.5 Å².